The molecule has 1 aromatic heterocycles. The van der Waals surface area contributed by atoms with Gasteiger partial charge >= 0.3 is 0 Å². The molecular formula is C22H18BrClN4O2. The SMILES string of the molecule is COc1c(C)cc(Br)cc1C(=O)Nc1cc2nn(-c3ccc(Cl)cc3)nc2cc1C. The number of amides is 1. The number of aryl methyl sites for hydroxylation is 2. The van der Waals surface area contributed by atoms with Crippen molar-refractivity contribution in [1.82, 2.24) is 15.0 Å². The number of anilines is 1. The Hall–Kier alpha value is -2.90. The van der Waals surface area contributed by atoms with Gasteiger partial charge in [0.2, 0.25) is 0 Å². The van der Waals surface area contributed by atoms with Crippen molar-refractivity contribution in [2.24, 2.45) is 0 Å². The number of hydrogen-bond donors (Lipinski definition) is 1. The highest BCUT2D eigenvalue weighted by atomic mass is 79.9. The highest BCUT2D eigenvalue weighted by Gasteiger charge is 2.17. The summed E-state index contributed by atoms with van der Waals surface area (Å²) >= 11 is 9.40. The van der Waals surface area contributed by atoms with Gasteiger partial charge in [0.1, 0.15) is 16.8 Å². The Kier molecular flexibility index (Phi) is 5.49. The first-order valence-electron chi connectivity index (χ1n) is 9.15. The van der Waals surface area contributed by atoms with Crippen molar-refractivity contribution < 1.29 is 9.53 Å². The van der Waals surface area contributed by atoms with Crippen LogP contribution in [0.15, 0.2) is 53.0 Å². The Bertz CT molecular complexity index is 1270. The van der Waals surface area contributed by atoms with E-state index in [4.69, 9.17) is 16.3 Å². The van der Waals surface area contributed by atoms with E-state index < -0.39 is 0 Å². The predicted octanol–water partition coefficient (Wildman–Crippen LogP) is 5.71. The lowest BCUT2D eigenvalue weighted by atomic mass is 10.1. The summed E-state index contributed by atoms with van der Waals surface area (Å²) in [7, 11) is 1.55. The van der Waals surface area contributed by atoms with E-state index in [9.17, 15) is 4.79 Å². The van der Waals surface area contributed by atoms with Crippen molar-refractivity contribution in [2.75, 3.05) is 12.4 Å². The fourth-order valence-corrected chi connectivity index (χ4v) is 3.95. The summed E-state index contributed by atoms with van der Waals surface area (Å²) in [5.74, 6) is 0.284. The lowest BCUT2D eigenvalue weighted by Gasteiger charge is -2.13. The van der Waals surface area contributed by atoms with E-state index in [0.717, 1.165) is 26.8 Å². The van der Waals surface area contributed by atoms with Gasteiger partial charge in [0, 0.05) is 15.2 Å². The van der Waals surface area contributed by atoms with Gasteiger partial charge in [-0.25, -0.2) is 0 Å². The molecule has 6 nitrogen and oxygen atoms in total. The number of aromatic nitrogens is 3. The Labute approximate surface area is 186 Å². The van der Waals surface area contributed by atoms with Crippen LogP contribution in [-0.4, -0.2) is 28.0 Å². The molecule has 0 atom stereocenters. The molecule has 4 rings (SSSR count). The van der Waals surface area contributed by atoms with Crippen molar-refractivity contribution in [2.45, 2.75) is 13.8 Å². The first kappa shape index (κ1) is 20.4. The summed E-state index contributed by atoms with van der Waals surface area (Å²) in [6, 6.07) is 14.6. The molecule has 1 N–H and O–H groups in total. The number of rotatable bonds is 4. The number of hydrogen-bond acceptors (Lipinski definition) is 4. The second-order valence-electron chi connectivity index (χ2n) is 6.88. The molecule has 0 bridgehead atoms. The number of nitrogens with zero attached hydrogens (tertiary/aromatic N) is 3. The second-order valence-corrected chi connectivity index (χ2v) is 8.23. The van der Waals surface area contributed by atoms with E-state index in [1.54, 1.807) is 30.1 Å². The second kappa shape index (κ2) is 8.08. The summed E-state index contributed by atoms with van der Waals surface area (Å²) < 4.78 is 6.24. The number of carbonyl (C=O) groups is 1. The predicted molar refractivity (Wildman–Crippen MR) is 122 cm³/mol. The van der Waals surface area contributed by atoms with E-state index >= 15 is 0 Å². The minimum absolute atomic E-state index is 0.260. The molecular weight excluding hydrogens is 468 g/mol. The van der Waals surface area contributed by atoms with Crippen molar-refractivity contribution >= 4 is 50.2 Å². The number of carbonyl (C=O) groups excluding carboxylic acids is 1. The Morgan fingerprint density at radius 1 is 1.03 bits per heavy atom. The maximum atomic E-state index is 13.0. The third kappa shape index (κ3) is 3.91. The molecule has 4 aromatic rings. The number of fused-ring (bicyclic) bond motifs is 1. The van der Waals surface area contributed by atoms with Crippen LogP contribution in [-0.2, 0) is 0 Å². The van der Waals surface area contributed by atoms with Gasteiger partial charge < -0.3 is 10.1 Å². The van der Waals surface area contributed by atoms with Gasteiger partial charge in [0.15, 0.2) is 0 Å². The molecule has 30 heavy (non-hydrogen) atoms. The Morgan fingerprint density at radius 3 is 2.37 bits per heavy atom. The van der Waals surface area contributed by atoms with Gasteiger partial charge in [-0.15, -0.1) is 10.2 Å². The van der Waals surface area contributed by atoms with Gasteiger partial charge in [-0.1, -0.05) is 27.5 Å². The highest BCUT2D eigenvalue weighted by molar-refractivity contribution is 9.10. The van der Waals surface area contributed by atoms with Crippen molar-refractivity contribution in [3.8, 4) is 11.4 Å². The molecule has 0 radical (unpaired) electrons. The molecule has 0 aliphatic heterocycles. The summed E-state index contributed by atoms with van der Waals surface area (Å²) in [6.45, 7) is 3.81. The van der Waals surface area contributed by atoms with Crippen molar-refractivity contribution in [3.63, 3.8) is 0 Å². The molecule has 8 heteroatoms. The molecule has 0 spiro atoms. The van der Waals surface area contributed by atoms with Crippen LogP contribution in [0.2, 0.25) is 5.02 Å². The zero-order valence-electron chi connectivity index (χ0n) is 16.5. The average Bonchev–Trinajstić information content (AvgIpc) is 3.10. The van der Waals surface area contributed by atoms with Crippen molar-refractivity contribution in [1.29, 1.82) is 0 Å². The van der Waals surface area contributed by atoms with Gasteiger partial charge in [-0.2, -0.15) is 4.80 Å². The minimum atomic E-state index is -0.260. The summed E-state index contributed by atoms with van der Waals surface area (Å²) in [5.41, 5.74) is 5.07. The fourth-order valence-electron chi connectivity index (χ4n) is 3.25. The van der Waals surface area contributed by atoms with Crippen LogP contribution in [0.1, 0.15) is 21.5 Å². The van der Waals surface area contributed by atoms with E-state index in [1.807, 2.05) is 44.2 Å². The minimum Gasteiger partial charge on any atom is -0.496 e. The zero-order valence-corrected chi connectivity index (χ0v) is 18.9. The van der Waals surface area contributed by atoms with Crippen molar-refractivity contribution in [3.05, 3.63) is 74.7 Å². The number of ether oxygens (including phenoxy) is 1. The topological polar surface area (TPSA) is 69.0 Å². The quantitative estimate of drug-likeness (QED) is 0.402. The van der Waals surface area contributed by atoms with E-state index in [-0.39, 0.29) is 5.91 Å². The standard InChI is InChI=1S/C22H18BrClN4O2/c1-12-9-19-20(27-28(26-19)16-6-4-15(24)5-7-16)11-18(12)25-22(29)17-10-14(23)8-13(2)21(17)30-3/h4-11H,1-3H3,(H,25,29). The van der Waals surface area contributed by atoms with Crippen LogP contribution in [0.5, 0.6) is 5.75 Å². The molecule has 3 aromatic carbocycles. The lowest BCUT2D eigenvalue weighted by Crippen LogP contribution is -2.14. The van der Waals surface area contributed by atoms with Crippen LogP contribution in [0, 0.1) is 13.8 Å². The monoisotopic (exact) mass is 484 g/mol. The Morgan fingerprint density at radius 2 is 1.70 bits per heavy atom. The van der Waals surface area contributed by atoms with Gasteiger partial charge in [0.05, 0.1) is 18.4 Å². The maximum absolute atomic E-state index is 13.0. The van der Waals surface area contributed by atoms with E-state index in [1.165, 1.54) is 0 Å². The van der Waals surface area contributed by atoms with Crippen LogP contribution in [0.3, 0.4) is 0 Å². The molecule has 0 aliphatic carbocycles. The van der Waals surface area contributed by atoms with E-state index in [2.05, 4.69) is 31.4 Å². The van der Waals surface area contributed by atoms with E-state index in [0.29, 0.717) is 27.5 Å². The summed E-state index contributed by atoms with van der Waals surface area (Å²) in [4.78, 5) is 14.5. The van der Waals surface area contributed by atoms with Gasteiger partial charge in [-0.05, 0) is 73.5 Å². The maximum Gasteiger partial charge on any atom is 0.259 e. The molecule has 0 unspecified atom stereocenters. The molecule has 152 valence electrons. The van der Waals surface area contributed by atoms with Gasteiger partial charge in [0.25, 0.3) is 5.91 Å². The number of benzene rings is 3. The smallest absolute Gasteiger partial charge is 0.259 e. The lowest BCUT2D eigenvalue weighted by molar-refractivity contribution is 0.102. The van der Waals surface area contributed by atoms with Crippen LogP contribution >= 0.6 is 27.5 Å². The normalized spacial score (nSPS) is 11.0. The Balaban J connectivity index is 1.69. The third-order valence-electron chi connectivity index (χ3n) is 4.72. The molecule has 0 aliphatic rings. The highest BCUT2D eigenvalue weighted by Crippen LogP contribution is 2.29. The van der Waals surface area contributed by atoms with Gasteiger partial charge in [-0.3, -0.25) is 4.79 Å². The summed E-state index contributed by atoms with van der Waals surface area (Å²) in [5, 5.41) is 12.7. The van der Waals surface area contributed by atoms with Crippen LogP contribution in [0.25, 0.3) is 16.7 Å². The third-order valence-corrected chi connectivity index (χ3v) is 5.43. The average molecular weight is 486 g/mol. The first-order valence-corrected chi connectivity index (χ1v) is 10.3. The van der Waals surface area contributed by atoms with Crippen LogP contribution < -0.4 is 10.1 Å². The number of nitrogens with one attached hydrogen (secondary N) is 1. The largest absolute Gasteiger partial charge is 0.496 e. The number of methoxy groups -OCH3 is 1. The zero-order chi connectivity index (χ0) is 21.4. The molecule has 0 fully saturated rings. The summed E-state index contributed by atoms with van der Waals surface area (Å²) in [6.07, 6.45) is 0. The molecule has 0 saturated carbocycles. The fraction of sp³-hybridized carbons (Fsp3) is 0.136. The molecule has 1 heterocycles. The molecule has 0 saturated heterocycles. The van der Waals surface area contributed by atoms with Crippen LogP contribution in [0.4, 0.5) is 5.69 Å². The molecule has 1 amide bonds. The first-order chi connectivity index (χ1) is 14.4. The number of halogens is 2.